The third-order valence-electron chi connectivity index (χ3n) is 3.13. The molecule has 0 aliphatic heterocycles. The fraction of sp³-hybridized carbons (Fsp3) is 0.118. The van der Waals surface area contributed by atoms with Crippen molar-refractivity contribution < 1.29 is 0 Å². The lowest BCUT2D eigenvalue weighted by atomic mass is 10.1. The number of aryl methyl sites for hydroxylation is 1. The lowest BCUT2D eigenvalue weighted by Crippen LogP contribution is -1.90. The molecule has 3 aromatic rings. The molecule has 1 nitrogen and oxygen atoms in total. The van der Waals surface area contributed by atoms with Crippen molar-refractivity contribution >= 4 is 11.3 Å². The quantitative estimate of drug-likeness (QED) is 0.668. The molecule has 0 radical (unpaired) electrons. The lowest BCUT2D eigenvalue weighted by molar-refractivity contribution is 1.09. The van der Waals surface area contributed by atoms with Crippen LogP contribution in [0.5, 0.6) is 0 Å². The van der Waals surface area contributed by atoms with Gasteiger partial charge < -0.3 is 0 Å². The first-order valence-corrected chi connectivity index (χ1v) is 7.20. The molecule has 1 aromatic heterocycles. The van der Waals surface area contributed by atoms with Gasteiger partial charge in [0.25, 0.3) is 0 Å². The molecule has 0 amide bonds. The second kappa shape index (κ2) is 5.37. The molecular formula is C17H15NS. The first-order valence-electron chi connectivity index (χ1n) is 6.38. The molecule has 0 saturated heterocycles. The highest BCUT2D eigenvalue weighted by Gasteiger charge is 2.09. The van der Waals surface area contributed by atoms with Crippen molar-refractivity contribution in [1.29, 1.82) is 0 Å². The summed E-state index contributed by atoms with van der Waals surface area (Å²) in [7, 11) is 0. The van der Waals surface area contributed by atoms with Gasteiger partial charge in [0, 0.05) is 16.9 Å². The molecule has 0 aliphatic carbocycles. The summed E-state index contributed by atoms with van der Waals surface area (Å²) >= 11 is 1.78. The summed E-state index contributed by atoms with van der Waals surface area (Å²) in [5.74, 6) is 0. The zero-order valence-corrected chi connectivity index (χ0v) is 11.7. The summed E-state index contributed by atoms with van der Waals surface area (Å²) in [4.78, 5) is 6.10. The standard InChI is InChI=1S/C17H15NS/c1-13-16(12-14-8-4-2-5-9-14)18-17(19-13)15-10-6-3-7-11-15/h2-11H,12H2,1H3. The minimum atomic E-state index is 0.913. The number of rotatable bonds is 3. The SMILES string of the molecule is Cc1sc(-c2ccccc2)nc1Cc1ccccc1. The molecule has 2 aromatic carbocycles. The maximum atomic E-state index is 4.79. The largest absolute Gasteiger partial charge is 0.240 e. The number of nitrogens with zero attached hydrogens (tertiary/aromatic N) is 1. The summed E-state index contributed by atoms with van der Waals surface area (Å²) in [6.45, 7) is 2.16. The van der Waals surface area contributed by atoms with E-state index in [-0.39, 0.29) is 0 Å². The molecule has 0 unspecified atom stereocenters. The Kier molecular flexibility index (Phi) is 3.43. The van der Waals surface area contributed by atoms with Gasteiger partial charge in [-0.15, -0.1) is 11.3 Å². The first-order chi connectivity index (χ1) is 9.33. The Morgan fingerprint density at radius 1 is 0.895 bits per heavy atom. The third-order valence-corrected chi connectivity index (χ3v) is 4.19. The molecule has 0 N–H and O–H groups in total. The van der Waals surface area contributed by atoms with Gasteiger partial charge in [-0.2, -0.15) is 0 Å². The minimum absolute atomic E-state index is 0.913. The van der Waals surface area contributed by atoms with Crippen LogP contribution in [0.1, 0.15) is 16.1 Å². The van der Waals surface area contributed by atoms with Crippen LogP contribution in [0.15, 0.2) is 60.7 Å². The first kappa shape index (κ1) is 12.1. The van der Waals surface area contributed by atoms with Gasteiger partial charge in [0.1, 0.15) is 5.01 Å². The molecule has 0 aliphatic rings. The minimum Gasteiger partial charge on any atom is -0.240 e. The number of aromatic nitrogens is 1. The molecule has 0 saturated carbocycles. The van der Waals surface area contributed by atoms with Gasteiger partial charge in [-0.1, -0.05) is 60.7 Å². The molecule has 3 rings (SSSR count). The molecule has 1 heterocycles. The average molecular weight is 265 g/mol. The Morgan fingerprint density at radius 2 is 1.53 bits per heavy atom. The second-order valence-corrected chi connectivity index (χ2v) is 5.75. The molecule has 0 fully saturated rings. The maximum absolute atomic E-state index is 4.79. The van der Waals surface area contributed by atoms with Crippen molar-refractivity contribution in [3.8, 4) is 10.6 Å². The van der Waals surface area contributed by atoms with Crippen LogP contribution in [0.3, 0.4) is 0 Å². The fourth-order valence-corrected chi connectivity index (χ4v) is 3.02. The number of thiazole rings is 1. The van der Waals surface area contributed by atoms with E-state index < -0.39 is 0 Å². The van der Waals surface area contributed by atoms with Crippen LogP contribution in [0.4, 0.5) is 0 Å². The third kappa shape index (κ3) is 2.74. The Balaban J connectivity index is 1.90. The predicted molar refractivity (Wildman–Crippen MR) is 81.5 cm³/mol. The van der Waals surface area contributed by atoms with Crippen molar-refractivity contribution in [2.75, 3.05) is 0 Å². The smallest absolute Gasteiger partial charge is 0.123 e. The molecule has 2 heteroatoms. The van der Waals surface area contributed by atoms with Crippen LogP contribution >= 0.6 is 11.3 Å². The molecule has 19 heavy (non-hydrogen) atoms. The van der Waals surface area contributed by atoms with E-state index in [1.54, 1.807) is 11.3 Å². The highest BCUT2D eigenvalue weighted by atomic mass is 32.1. The van der Waals surface area contributed by atoms with Crippen LogP contribution in [0.2, 0.25) is 0 Å². The molecule has 0 atom stereocenters. The van der Waals surface area contributed by atoms with E-state index in [1.165, 1.54) is 21.7 Å². The summed E-state index contributed by atoms with van der Waals surface area (Å²) in [6.07, 6.45) is 0.913. The van der Waals surface area contributed by atoms with Crippen molar-refractivity contribution in [2.24, 2.45) is 0 Å². The predicted octanol–water partition coefficient (Wildman–Crippen LogP) is 4.71. The molecule has 0 spiro atoms. The van der Waals surface area contributed by atoms with Crippen molar-refractivity contribution in [3.05, 3.63) is 76.8 Å². The van der Waals surface area contributed by atoms with Crippen molar-refractivity contribution in [1.82, 2.24) is 4.98 Å². The average Bonchev–Trinajstić information content (AvgIpc) is 2.82. The maximum Gasteiger partial charge on any atom is 0.123 e. The van der Waals surface area contributed by atoms with E-state index in [9.17, 15) is 0 Å². The van der Waals surface area contributed by atoms with Gasteiger partial charge in [0.05, 0.1) is 5.69 Å². The highest BCUT2D eigenvalue weighted by Crippen LogP contribution is 2.28. The monoisotopic (exact) mass is 265 g/mol. The normalized spacial score (nSPS) is 10.6. The zero-order chi connectivity index (χ0) is 13.1. The van der Waals surface area contributed by atoms with Gasteiger partial charge >= 0.3 is 0 Å². The van der Waals surface area contributed by atoms with E-state index in [1.807, 2.05) is 12.1 Å². The van der Waals surface area contributed by atoms with E-state index in [0.717, 1.165) is 11.4 Å². The van der Waals surface area contributed by atoms with Crippen LogP contribution in [0, 0.1) is 6.92 Å². The Bertz CT molecular complexity index is 656. The summed E-state index contributed by atoms with van der Waals surface area (Å²) in [5, 5.41) is 1.11. The van der Waals surface area contributed by atoms with Crippen LogP contribution < -0.4 is 0 Å². The fourth-order valence-electron chi connectivity index (χ4n) is 2.09. The van der Waals surface area contributed by atoms with E-state index in [4.69, 9.17) is 4.98 Å². The molecule has 0 bridgehead atoms. The Labute approximate surface area is 117 Å². The summed E-state index contributed by atoms with van der Waals surface area (Å²) in [6, 6.07) is 20.9. The Hall–Kier alpha value is -1.93. The summed E-state index contributed by atoms with van der Waals surface area (Å²) < 4.78 is 0. The van der Waals surface area contributed by atoms with Crippen LogP contribution in [-0.2, 0) is 6.42 Å². The highest BCUT2D eigenvalue weighted by molar-refractivity contribution is 7.15. The van der Waals surface area contributed by atoms with Gasteiger partial charge in [0.2, 0.25) is 0 Å². The van der Waals surface area contributed by atoms with Crippen molar-refractivity contribution in [3.63, 3.8) is 0 Å². The van der Waals surface area contributed by atoms with E-state index in [2.05, 4.69) is 55.5 Å². The topological polar surface area (TPSA) is 12.9 Å². The number of hydrogen-bond acceptors (Lipinski definition) is 2. The van der Waals surface area contributed by atoms with Crippen LogP contribution in [0.25, 0.3) is 10.6 Å². The van der Waals surface area contributed by atoms with Gasteiger partial charge in [-0.25, -0.2) is 4.98 Å². The Morgan fingerprint density at radius 3 is 2.21 bits per heavy atom. The van der Waals surface area contributed by atoms with E-state index in [0.29, 0.717) is 0 Å². The van der Waals surface area contributed by atoms with Gasteiger partial charge in [0.15, 0.2) is 0 Å². The molecule has 94 valence electrons. The number of benzene rings is 2. The molecular weight excluding hydrogens is 250 g/mol. The van der Waals surface area contributed by atoms with Crippen molar-refractivity contribution in [2.45, 2.75) is 13.3 Å². The van der Waals surface area contributed by atoms with Gasteiger partial charge in [-0.3, -0.25) is 0 Å². The van der Waals surface area contributed by atoms with E-state index >= 15 is 0 Å². The van der Waals surface area contributed by atoms with Gasteiger partial charge in [-0.05, 0) is 12.5 Å². The number of hydrogen-bond donors (Lipinski definition) is 0. The summed E-state index contributed by atoms with van der Waals surface area (Å²) in [5.41, 5.74) is 3.71. The zero-order valence-electron chi connectivity index (χ0n) is 10.8. The second-order valence-electron chi connectivity index (χ2n) is 4.55. The van der Waals surface area contributed by atoms with Crippen LogP contribution in [-0.4, -0.2) is 4.98 Å². The lowest BCUT2D eigenvalue weighted by Gasteiger charge is -1.98.